The zero-order valence-electron chi connectivity index (χ0n) is 10.6. The third-order valence-corrected chi connectivity index (χ3v) is 2.94. The lowest BCUT2D eigenvalue weighted by Gasteiger charge is -2.07. The molecule has 2 rings (SSSR count). The Kier molecular flexibility index (Phi) is 3.29. The van der Waals surface area contributed by atoms with E-state index in [0.29, 0.717) is 11.3 Å². The molecule has 0 aliphatic heterocycles. The second-order valence-electron chi connectivity index (χ2n) is 4.21. The monoisotopic (exact) mass is 256 g/mol. The van der Waals surface area contributed by atoms with Gasteiger partial charge in [-0.05, 0) is 31.0 Å². The van der Waals surface area contributed by atoms with Gasteiger partial charge in [-0.1, -0.05) is 17.3 Å². The van der Waals surface area contributed by atoms with Crippen LogP contribution in [0.4, 0.5) is 0 Å². The van der Waals surface area contributed by atoms with Gasteiger partial charge < -0.3 is 5.11 Å². The number of carbonyl (C=O) groups is 1. The highest BCUT2D eigenvalue weighted by Gasteiger charge is 2.20. The van der Waals surface area contributed by atoms with Crippen LogP contribution >= 0.6 is 0 Å². The normalized spacial score (nSPS) is 10.2. The number of nitriles is 1. The molecule has 0 saturated heterocycles. The van der Waals surface area contributed by atoms with Crippen molar-refractivity contribution in [3.8, 4) is 17.3 Å². The molecule has 0 spiro atoms. The summed E-state index contributed by atoms with van der Waals surface area (Å²) in [6, 6.07) is 7.52. The molecular formula is C13H12N4O2. The average molecular weight is 256 g/mol. The number of rotatable bonds is 3. The van der Waals surface area contributed by atoms with Gasteiger partial charge in [-0.2, -0.15) is 5.26 Å². The minimum Gasteiger partial charge on any atom is -0.476 e. The van der Waals surface area contributed by atoms with Crippen LogP contribution in [-0.2, 0) is 6.54 Å². The van der Waals surface area contributed by atoms with Crippen molar-refractivity contribution < 1.29 is 9.90 Å². The lowest BCUT2D eigenvalue weighted by molar-refractivity contribution is 0.0691. The van der Waals surface area contributed by atoms with Gasteiger partial charge in [0, 0.05) is 5.56 Å². The first-order valence-electron chi connectivity index (χ1n) is 5.66. The molecule has 0 aliphatic carbocycles. The molecule has 2 aromatic rings. The summed E-state index contributed by atoms with van der Waals surface area (Å²) < 4.78 is 1.30. The van der Waals surface area contributed by atoms with Crippen molar-refractivity contribution >= 4 is 5.97 Å². The molecule has 1 aromatic heterocycles. The fraction of sp³-hybridized carbons (Fsp3) is 0.231. The SMILES string of the molecule is Cc1ccc(-c2c(C(=O)O)nnn2CC#N)cc1C. The van der Waals surface area contributed by atoms with Crippen molar-refractivity contribution in [3.63, 3.8) is 0 Å². The smallest absolute Gasteiger partial charge is 0.358 e. The molecule has 6 heteroatoms. The summed E-state index contributed by atoms with van der Waals surface area (Å²) in [5, 5.41) is 25.2. The van der Waals surface area contributed by atoms with Crippen molar-refractivity contribution in [2.24, 2.45) is 0 Å². The number of aryl methyl sites for hydroxylation is 2. The first kappa shape index (κ1) is 12.8. The number of aromatic carboxylic acids is 1. The minimum atomic E-state index is -1.16. The second kappa shape index (κ2) is 4.90. The quantitative estimate of drug-likeness (QED) is 0.903. The summed E-state index contributed by atoms with van der Waals surface area (Å²) in [4.78, 5) is 11.2. The molecule has 96 valence electrons. The average Bonchev–Trinajstić information content (AvgIpc) is 2.77. The Bertz CT molecular complexity index is 682. The number of aromatic nitrogens is 3. The Morgan fingerprint density at radius 3 is 2.74 bits per heavy atom. The van der Waals surface area contributed by atoms with Crippen molar-refractivity contribution in [1.29, 1.82) is 5.26 Å². The molecule has 6 nitrogen and oxygen atoms in total. The molecule has 0 atom stereocenters. The van der Waals surface area contributed by atoms with Crippen LogP contribution in [0.15, 0.2) is 18.2 Å². The van der Waals surface area contributed by atoms with Crippen molar-refractivity contribution in [3.05, 3.63) is 35.0 Å². The van der Waals surface area contributed by atoms with Crippen molar-refractivity contribution in [2.45, 2.75) is 20.4 Å². The topological polar surface area (TPSA) is 91.8 Å². The van der Waals surface area contributed by atoms with E-state index in [-0.39, 0.29) is 12.2 Å². The van der Waals surface area contributed by atoms with Crippen LogP contribution in [0.2, 0.25) is 0 Å². The molecule has 19 heavy (non-hydrogen) atoms. The van der Waals surface area contributed by atoms with E-state index in [1.54, 1.807) is 6.07 Å². The van der Waals surface area contributed by atoms with Crippen molar-refractivity contribution in [2.75, 3.05) is 0 Å². The van der Waals surface area contributed by atoms with Gasteiger partial charge in [-0.15, -0.1) is 5.10 Å². The van der Waals surface area contributed by atoms with Crippen LogP contribution in [0.5, 0.6) is 0 Å². The Morgan fingerprint density at radius 1 is 1.42 bits per heavy atom. The summed E-state index contributed by atoms with van der Waals surface area (Å²) >= 11 is 0. The van der Waals surface area contributed by atoms with Gasteiger partial charge in [-0.25, -0.2) is 9.48 Å². The standard InChI is InChI=1S/C13H12N4O2/c1-8-3-4-10(7-9(8)2)12-11(13(18)19)15-16-17(12)6-5-14/h3-4,7H,6H2,1-2H3,(H,18,19). The van der Waals surface area contributed by atoms with E-state index in [1.807, 2.05) is 32.0 Å². The first-order chi connectivity index (χ1) is 9.04. The maximum absolute atomic E-state index is 11.2. The summed E-state index contributed by atoms with van der Waals surface area (Å²) in [5.74, 6) is -1.16. The lowest BCUT2D eigenvalue weighted by Crippen LogP contribution is -2.04. The fourth-order valence-corrected chi connectivity index (χ4v) is 1.81. The highest BCUT2D eigenvalue weighted by Crippen LogP contribution is 2.24. The van der Waals surface area contributed by atoms with Gasteiger partial charge in [-0.3, -0.25) is 0 Å². The van der Waals surface area contributed by atoms with Crippen LogP contribution < -0.4 is 0 Å². The molecule has 0 radical (unpaired) electrons. The summed E-state index contributed by atoms with van der Waals surface area (Å²) in [6.45, 7) is 3.88. The van der Waals surface area contributed by atoms with Crippen LogP contribution in [0.25, 0.3) is 11.3 Å². The largest absolute Gasteiger partial charge is 0.476 e. The Hall–Kier alpha value is -2.68. The zero-order valence-corrected chi connectivity index (χ0v) is 10.6. The van der Waals surface area contributed by atoms with Gasteiger partial charge in [0.15, 0.2) is 5.69 Å². The van der Waals surface area contributed by atoms with Gasteiger partial charge in [0.05, 0.1) is 6.07 Å². The van der Waals surface area contributed by atoms with E-state index in [0.717, 1.165) is 11.1 Å². The lowest BCUT2D eigenvalue weighted by atomic mass is 10.0. The maximum atomic E-state index is 11.2. The minimum absolute atomic E-state index is 0.0391. The number of carboxylic acid groups (broad SMARTS) is 1. The third-order valence-electron chi connectivity index (χ3n) is 2.94. The van der Waals surface area contributed by atoms with Crippen LogP contribution in [0.1, 0.15) is 21.6 Å². The molecule has 0 saturated carbocycles. The van der Waals surface area contributed by atoms with E-state index >= 15 is 0 Å². The zero-order chi connectivity index (χ0) is 14.0. The van der Waals surface area contributed by atoms with Gasteiger partial charge in [0.2, 0.25) is 0 Å². The number of nitrogens with zero attached hydrogens (tertiary/aromatic N) is 4. The molecular weight excluding hydrogens is 244 g/mol. The van der Waals surface area contributed by atoms with Crippen LogP contribution in [0.3, 0.4) is 0 Å². The summed E-state index contributed by atoms with van der Waals surface area (Å²) in [6.07, 6.45) is 0. The third kappa shape index (κ3) is 2.31. The molecule has 1 N–H and O–H groups in total. The predicted octanol–water partition coefficient (Wildman–Crippen LogP) is 1.78. The molecule has 0 unspecified atom stereocenters. The molecule has 0 amide bonds. The molecule has 0 fully saturated rings. The van der Waals surface area contributed by atoms with Gasteiger partial charge in [0.1, 0.15) is 12.2 Å². The van der Waals surface area contributed by atoms with Crippen molar-refractivity contribution in [1.82, 2.24) is 15.0 Å². The summed E-state index contributed by atoms with van der Waals surface area (Å²) in [7, 11) is 0. The van der Waals surface area contributed by atoms with Gasteiger partial charge >= 0.3 is 5.97 Å². The number of hydrogen-bond donors (Lipinski definition) is 1. The number of hydrogen-bond acceptors (Lipinski definition) is 4. The molecule has 0 aliphatic rings. The van der Waals surface area contributed by atoms with Crippen LogP contribution in [-0.4, -0.2) is 26.1 Å². The first-order valence-corrected chi connectivity index (χ1v) is 5.66. The van der Waals surface area contributed by atoms with Gasteiger partial charge in [0.25, 0.3) is 0 Å². The van der Waals surface area contributed by atoms with E-state index < -0.39 is 5.97 Å². The Balaban J connectivity index is 2.64. The van der Waals surface area contributed by atoms with E-state index in [2.05, 4.69) is 10.3 Å². The Morgan fingerprint density at radius 2 is 2.16 bits per heavy atom. The van der Waals surface area contributed by atoms with E-state index in [9.17, 15) is 4.79 Å². The van der Waals surface area contributed by atoms with Crippen LogP contribution in [0, 0.1) is 25.2 Å². The number of carboxylic acids is 1. The second-order valence-corrected chi connectivity index (χ2v) is 4.21. The highest BCUT2D eigenvalue weighted by molar-refractivity contribution is 5.92. The molecule has 1 aromatic carbocycles. The fourth-order valence-electron chi connectivity index (χ4n) is 1.81. The van der Waals surface area contributed by atoms with E-state index in [4.69, 9.17) is 10.4 Å². The Labute approximate surface area is 109 Å². The molecule has 1 heterocycles. The predicted molar refractivity (Wildman–Crippen MR) is 67.5 cm³/mol. The summed E-state index contributed by atoms with van der Waals surface area (Å²) in [5.41, 5.74) is 3.06. The number of benzene rings is 1. The maximum Gasteiger partial charge on any atom is 0.358 e. The molecule has 0 bridgehead atoms. The van der Waals surface area contributed by atoms with E-state index in [1.165, 1.54) is 4.68 Å². The highest BCUT2D eigenvalue weighted by atomic mass is 16.4.